The van der Waals surface area contributed by atoms with E-state index in [1.807, 2.05) is 31.2 Å². The molecule has 0 radical (unpaired) electrons. The average Bonchev–Trinajstić information content (AvgIpc) is 2.32. The molecule has 0 bridgehead atoms. The predicted octanol–water partition coefficient (Wildman–Crippen LogP) is 3.56. The highest BCUT2D eigenvalue weighted by Crippen LogP contribution is 2.21. The molecule has 0 atom stereocenters. The Bertz CT molecular complexity index is 596. The summed E-state index contributed by atoms with van der Waals surface area (Å²) >= 11 is 2.10. The van der Waals surface area contributed by atoms with E-state index in [-0.39, 0.29) is 17.2 Å². The van der Waals surface area contributed by atoms with Gasteiger partial charge < -0.3 is 10.4 Å². The van der Waals surface area contributed by atoms with E-state index in [0.29, 0.717) is 0 Å². The fourth-order valence-corrected chi connectivity index (χ4v) is 2.10. The maximum atomic E-state index is 12.0. The quantitative estimate of drug-likeness (QED) is 0.812. The van der Waals surface area contributed by atoms with Crippen molar-refractivity contribution in [2.45, 2.75) is 6.92 Å². The summed E-state index contributed by atoms with van der Waals surface area (Å²) in [5.74, 6) is -0.322. The summed E-state index contributed by atoms with van der Waals surface area (Å²) in [5, 5.41) is 12.4. The highest BCUT2D eigenvalue weighted by molar-refractivity contribution is 14.1. The van der Waals surface area contributed by atoms with Crippen LogP contribution >= 0.6 is 22.6 Å². The minimum atomic E-state index is -0.309. The number of benzene rings is 2. The Morgan fingerprint density at radius 1 is 1.22 bits per heavy atom. The van der Waals surface area contributed by atoms with Gasteiger partial charge in [0.25, 0.3) is 5.91 Å². The summed E-state index contributed by atoms with van der Waals surface area (Å²) in [7, 11) is 0. The third-order valence-electron chi connectivity index (χ3n) is 2.48. The number of carbonyl (C=O) groups is 1. The van der Waals surface area contributed by atoms with Crippen LogP contribution in [0.5, 0.6) is 5.75 Å². The van der Waals surface area contributed by atoms with Crippen molar-refractivity contribution in [2.24, 2.45) is 0 Å². The van der Waals surface area contributed by atoms with Crippen LogP contribution in [-0.4, -0.2) is 11.0 Å². The number of rotatable bonds is 2. The van der Waals surface area contributed by atoms with Crippen molar-refractivity contribution in [3.8, 4) is 5.75 Å². The Morgan fingerprint density at radius 2 is 2.00 bits per heavy atom. The van der Waals surface area contributed by atoms with Gasteiger partial charge in [0.15, 0.2) is 0 Å². The molecule has 18 heavy (non-hydrogen) atoms. The standard InChI is InChI=1S/C14H12INO2/c1-9-3-2-4-11(7-9)16-14(18)12-8-10(15)5-6-13(12)17/h2-8,17H,1H3,(H,16,18). The Kier molecular flexibility index (Phi) is 3.86. The molecule has 0 saturated heterocycles. The van der Waals surface area contributed by atoms with E-state index in [1.54, 1.807) is 12.1 Å². The van der Waals surface area contributed by atoms with Crippen LogP contribution in [0, 0.1) is 10.5 Å². The Labute approximate surface area is 119 Å². The van der Waals surface area contributed by atoms with Crippen molar-refractivity contribution in [1.82, 2.24) is 0 Å². The van der Waals surface area contributed by atoms with E-state index in [1.165, 1.54) is 6.07 Å². The second kappa shape index (κ2) is 5.39. The van der Waals surface area contributed by atoms with Crippen molar-refractivity contribution in [3.05, 3.63) is 57.2 Å². The van der Waals surface area contributed by atoms with Crippen molar-refractivity contribution in [3.63, 3.8) is 0 Å². The molecule has 0 spiro atoms. The molecule has 0 fully saturated rings. The van der Waals surface area contributed by atoms with Crippen LogP contribution in [0.4, 0.5) is 5.69 Å². The van der Waals surface area contributed by atoms with E-state index >= 15 is 0 Å². The summed E-state index contributed by atoms with van der Waals surface area (Å²) in [6.45, 7) is 1.96. The minimum Gasteiger partial charge on any atom is -0.507 e. The Hall–Kier alpha value is -1.56. The van der Waals surface area contributed by atoms with Crippen molar-refractivity contribution >= 4 is 34.2 Å². The molecule has 0 unspecified atom stereocenters. The van der Waals surface area contributed by atoms with Gasteiger partial charge in [-0.05, 0) is 65.4 Å². The molecule has 92 valence electrons. The molecular weight excluding hydrogens is 341 g/mol. The summed E-state index contributed by atoms with van der Waals surface area (Å²) in [5.41, 5.74) is 2.07. The van der Waals surface area contributed by atoms with Crippen molar-refractivity contribution in [1.29, 1.82) is 0 Å². The summed E-state index contributed by atoms with van der Waals surface area (Å²) < 4.78 is 0.903. The maximum Gasteiger partial charge on any atom is 0.259 e. The number of anilines is 1. The van der Waals surface area contributed by atoms with E-state index in [0.717, 1.165) is 14.8 Å². The fourth-order valence-electron chi connectivity index (χ4n) is 1.61. The zero-order valence-corrected chi connectivity index (χ0v) is 11.9. The average molecular weight is 353 g/mol. The number of aryl methyl sites for hydroxylation is 1. The van der Waals surface area contributed by atoms with Gasteiger partial charge >= 0.3 is 0 Å². The van der Waals surface area contributed by atoms with Gasteiger partial charge in [0, 0.05) is 9.26 Å². The van der Waals surface area contributed by atoms with E-state index in [2.05, 4.69) is 27.9 Å². The number of carbonyl (C=O) groups excluding carboxylic acids is 1. The molecule has 4 heteroatoms. The summed E-state index contributed by atoms with van der Waals surface area (Å²) in [6, 6.07) is 12.4. The van der Waals surface area contributed by atoms with Gasteiger partial charge in [-0.3, -0.25) is 4.79 Å². The van der Waals surface area contributed by atoms with Crippen LogP contribution in [0.3, 0.4) is 0 Å². The van der Waals surface area contributed by atoms with Gasteiger partial charge in [0.05, 0.1) is 5.56 Å². The molecular formula is C14H12INO2. The van der Waals surface area contributed by atoms with E-state index < -0.39 is 0 Å². The first-order valence-corrected chi connectivity index (χ1v) is 6.50. The first-order chi connectivity index (χ1) is 8.56. The smallest absolute Gasteiger partial charge is 0.259 e. The summed E-state index contributed by atoms with van der Waals surface area (Å²) in [6.07, 6.45) is 0. The molecule has 2 aromatic carbocycles. The zero-order valence-electron chi connectivity index (χ0n) is 9.77. The molecule has 2 aromatic rings. The van der Waals surface area contributed by atoms with Crippen LogP contribution in [0.15, 0.2) is 42.5 Å². The number of halogens is 1. The topological polar surface area (TPSA) is 49.3 Å². The van der Waals surface area contributed by atoms with Gasteiger partial charge in [-0.1, -0.05) is 12.1 Å². The molecule has 0 heterocycles. The molecule has 0 aliphatic carbocycles. The monoisotopic (exact) mass is 353 g/mol. The van der Waals surface area contributed by atoms with Crippen LogP contribution < -0.4 is 5.32 Å². The highest BCUT2D eigenvalue weighted by Gasteiger charge is 2.11. The lowest BCUT2D eigenvalue weighted by molar-refractivity contribution is 0.102. The van der Waals surface area contributed by atoms with Gasteiger partial charge in [-0.15, -0.1) is 0 Å². The van der Waals surface area contributed by atoms with Crippen LogP contribution in [0.2, 0.25) is 0 Å². The van der Waals surface area contributed by atoms with E-state index in [4.69, 9.17) is 0 Å². The lowest BCUT2D eigenvalue weighted by Gasteiger charge is -2.07. The zero-order chi connectivity index (χ0) is 13.1. The molecule has 2 N–H and O–H groups in total. The van der Waals surface area contributed by atoms with Crippen LogP contribution in [0.25, 0.3) is 0 Å². The fraction of sp³-hybridized carbons (Fsp3) is 0.0714. The second-order valence-electron chi connectivity index (χ2n) is 3.99. The molecule has 3 nitrogen and oxygen atoms in total. The first kappa shape index (κ1) is 12.9. The number of nitrogens with one attached hydrogen (secondary N) is 1. The van der Waals surface area contributed by atoms with Crippen LogP contribution in [0.1, 0.15) is 15.9 Å². The molecule has 2 rings (SSSR count). The Balaban J connectivity index is 2.24. The normalized spacial score (nSPS) is 10.1. The minimum absolute atomic E-state index is 0.0134. The predicted molar refractivity (Wildman–Crippen MR) is 80.0 cm³/mol. The van der Waals surface area contributed by atoms with Gasteiger partial charge in [0.2, 0.25) is 0 Å². The molecule has 0 aromatic heterocycles. The first-order valence-electron chi connectivity index (χ1n) is 5.43. The number of phenolic OH excluding ortho intramolecular Hbond substituents is 1. The van der Waals surface area contributed by atoms with Gasteiger partial charge in [-0.25, -0.2) is 0 Å². The van der Waals surface area contributed by atoms with Gasteiger partial charge in [0.1, 0.15) is 5.75 Å². The number of amides is 1. The lowest BCUT2D eigenvalue weighted by Crippen LogP contribution is -2.12. The lowest BCUT2D eigenvalue weighted by atomic mass is 10.1. The number of hydrogen-bond donors (Lipinski definition) is 2. The van der Waals surface area contributed by atoms with Gasteiger partial charge in [-0.2, -0.15) is 0 Å². The Morgan fingerprint density at radius 3 is 2.72 bits per heavy atom. The number of phenols is 1. The maximum absolute atomic E-state index is 12.0. The van der Waals surface area contributed by atoms with E-state index in [9.17, 15) is 9.90 Å². The molecule has 0 aliphatic rings. The summed E-state index contributed by atoms with van der Waals surface area (Å²) in [4.78, 5) is 12.0. The number of aromatic hydroxyl groups is 1. The van der Waals surface area contributed by atoms with Crippen molar-refractivity contribution in [2.75, 3.05) is 5.32 Å². The third kappa shape index (κ3) is 3.01. The third-order valence-corrected chi connectivity index (χ3v) is 3.15. The highest BCUT2D eigenvalue weighted by atomic mass is 127. The molecule has 1 amide bonds. The SMILES string of the molecule is Cc1cccc(NC(=O)c2cc(I)ccc2O)c1. The van der Waals surface area contributed by atoms with Crippen LogP contribution in [-0.2, 0) is 0 Å². The largest absolute Gasteiger partial charge is 0.507 e. The number of hydrogen-bond acceptors (Lipinski definition) is 2. The molecule has 0 aliphatic heterocycles. The van der Waals surface area contributed by atoms with Crippen molar-refractivity contribution < 1.29 is 9.90 Å². The molecule has 0 saturated carbocycles. The second-order valence-corrected chi connectivity index (χ2v) is 5.23.